The smallest absolute Gasteiger partial charge is 0.287 e. The molecule has 3 rings (SSSR count). The Morgan fingerprint density at radius 2 is 2.19 bits per heavy atom. The first-order valence-electron chi connectivity index (χ1n) is 6.79. The van der Waals surface area contributed by atoms with Gasteiger partial charge < -0.3 is 14.3 Å². The van der Waals surface area contributed by atoms with Gasteiger partial charge in [0.05, 0.1) is 0 Å². The number of carbonyl (C=O) groups excluding carboxylic acids is 1. The Bertz CT molecular complexity index is 730. The van der Waals surface area contributed by atoms with Gasteiger partial charge in [-0.1, -0.05) is 5.16 Å². The van der Waals surface area contributed by atoms with Crippen LogP contribution in [-0.4, -0.2) is 16.0 Å². The standard InChI is InChI=1S/C14H15N3O4/c1-7-5-10(18)6-11(20-7)13(19)15-8(2)14-16-12(17-21-14)9-3-4-9/h5-6,8-9H,3-4H2,1-2H3,(H,15,19)/t8-/m0/s1. The summed E-state index contributed by atoms with van der Waals surface area (Å²) < 4.78 is 10.4. The first-order chi connectivity index (χ1) is 10.0. The van der Waals surface area contributed by atoms with Crippen LogP contribution in [0.2, 0.25) is 0 Å². The predicted octanol–water partition coefficient (Wildman–Crippen LogP) is 1.70. The molecule has 1 aliphatic rings. The van der Waals surface area contributed by atoms with E-state index >= 15 is 0 Å². The number of nitrogens with one attached hydrogen (secondary N) is 1. The molecule has 1 fully saturated rings. The summed E-state index contributed by atoms with van der Waals surface area (Å²) in [6.07, 6.45) is 2.16. The van der Waals surface area contributed by atoms with Crippen molar-refractivity contribution in [3.05, 3.63) is 45.6 Å². The van der Waals surface area contributed by atoms with E-state index in [4.69, 9.17) is 8.94 Å². The monoisotopic (exact) mass is 289 g/mol. The van der Waals surface area contributed by atoms with Crippen LogP contribution in [0.15, 0.2) is 25.9 Å². The van der Waals surface area contributed by atoms with E-state index in [1.807, 2.05) is 0 Å². The fourth-order valence-electron chi connectivity index (χ4n) is 1.98. The molecule has 0 aliphatic heterocycles. The Balaban J connectivity index is 1.72. The van der Waals surface area contributed by atoms with Crippen molar-refractivity contribution in [2.45, 2.75) is 38.6 Å². The molecule has 1 atom stereocenters. The molecule has 1 saturated carbocycles. The van der Waals surface area contributed by atoms with E-state index < -0.39 is 11.9 Å². The van der Waals surface area contributed by atoms with Crippen LogP contribution in [0, 0.1) is 6.92 Å². The summed E-state index contributed by atoms with van der Waals surface area (Å²) in [5.74, 6) is 1.28. The van der Waals surface area contributed by atoms with Crippen molar-refractivity contribution in [1.29, 1.82) is 0 Å². The molecule has 0 spiro atoms. The lowest BCUT2D eigenvalue weighted by Crippen LogP contribution is -2.27. The minimum absolute atomic E-state index is 0.0335. The van der Waals surface area contributed by atoms with Gasteiger partial charge in [0.2, 0.25) is 5.89 Å². The maximum absolute atomic E-state index is 12.1. The molecule has 2 aromatic heterocycles. The first kappa shape index (κ1) is 13.5. The maximum atomic E-state index is 12.1. The third-order valence-corrected chi connectivity index (χ3v) is 3.23. The number of amides is 1. The Kier molecular flexibility index (Phi) is 3.32. The van der Waals surface area contributed by atoms with Gasteiger partial charge >= 0.3 is 0 Å². The molecule has 1 aliphatic carbocycles. The molecule has 110 valence electrons. The van der Waals surface area contributed by atoms with Gasteiger partial charge in [0.25, 0.3) is 5.91 Å². The summed E-state index contributed by atoms with van der Waals surface area (Å²) in [6.45, 7) is 3.34. The lowest BCUT2D eigenvalue weighted by molar-refractivity contribution is 0.0900. The quantitative estimate of drug-likeness (QED) is 0.919. The van der Waals surface area contributed by atoms with Crippen molar-refractivity contribution < 1.29 is 13.7 Å². The van der Waals surface area contributed by atoms with Gasteiger partial charge in [0.15, 0.2) is 17.0 Å². The zero-order valence-electron chi connectivity index (χ0n) is 11.8. The van der Waals surface area contributed by atoms with Crippen molar-refractivity contribution in [1.82, 2.24) is 15.5 Å². The van der Waals surface area contributed by atoms with Crippen LogP contribution in [-0.2, 0) is 0 Å². The minimum Gasteiger partial charge on any atom is -0.456 e. The molecule has 1 amide bonds. The summed E-state index contributed by atoms with van der Waals surface area (Å²) in [6, 6.07) is 2.02. The number of hydrogen-bond donors (Lipinski definition) is 1. The average Bonchev–Trinajstić information content (AvgIpc) is 3.15. The number of rotatable bonds is 4. The lowest BCUT2D eigenvalue weighted by atomic mass is 10.3. The van der Waals surface area contributed by atoms with Crippen LogP contribution in [0.5, 0.6) is 0 Å². The summed E-state index contributed by atoms with van der Waals surface area (Å²) >= 11 is 0. The number of nitrogens with zero attached hydrogens (tertiary/aromatic N) is 2. The highest BCUT2D eigenvalue weighted by molar-refractivity contribution is 5.91. The minimum atomic E-state index is -0.491. The summed E-state index contributed by atoms with van der Waals surface area (Å²) in [5.41, 5.74) is -0.273. The number of aromatic nitrogens is 2. The second kappa shape index (κ2) is 5.16. The van der Waals surface area contributed by atoms with Crippen LogP contribution in [0.3, 0.4) is 0 Å². The molecule has 0 aromatic carbocycles. The normalized spacial score (nSPS) is 15.7. The van der Waals surface area contributed by atoms with Gasteiger partial charge in [-0.15, -0.1) is 0 Å². The van der Waals surface area contributed by atoms with E-state index in [2.05, 4.69) is 15.5 Å². The molecule has 7 heteroatoms. The molecule has 0 saturated heterocycles. The fraction of sp³-hybridized carbons (Fsp3) is 0.429. The molecule has 0 unspecified atom stereocenters. The average molecular weight is 289 g/mol. The first-order valence-corrected chi connectivity index (χ1v) is 6.79. The maximum Gasteiger partial charge on any atom is 0.287 e. The second-order valence-corrected chi connectivity index (χ2v) is 5.23. The van der Waals surface area contributed by atoms with Crippen LogP contribution in [0.4, 0.5) is 0 Å². The van der Waals surface area contributed by atoms with Crippen LogP contribution in [0.1, 0.15) is 59.8 Å². The van der Waals surface area contributed by atoms with Crippen molar-refractivity contribution >= 4 is 5.91 Å². The van der Waals surface area contributed by atoms with E-state index in [1.165, 1.54) is 6.07 Å². The molecule has 1 N–H and O–H groups in total. The number of carbonyl (C=O) groups is 1. The topological polar surface area (TPSA) is 98.2 Å². The molecule has 21 heavy (non-hydrogen) atoms. The molecule has 0 bridgehead atoms. The molecule has 7 nitrogen and oxygen atoms in total. The molecule has 2 heterocycles. The van der Waals surface area contributed by atoms with Gasteiger partial charge in [-0.3, -0.25) is 9.59 Å². The zero-order valence-corrected chi connectivity index (χ0v) is 11.8. The predicted molar refractivity (Wildman–Crippen MR) is 71.9 cm³/mol. The highest BCUT2D eigenvalue weighted by atomic mass is 16.5. The summed E-state index contributed by atoms with van der Waals surface area (Å²) in [5, 5.41) is 6.57. The van der Waals surface area contributed by atoms with Crippen LogP contribution in [0.25, 0.3) is 0 Å². The Labute approximate surface area is 120 Å². The summed E-state index contributed by atoms with van der Waals surface area (Å²) in [7, 11) is 0. The van der Waals surface area contributed by atoms with Crippen molar-refractivity contribution in [2.75, 3.05) is 0 Å². The highest BCUT2D eigenvalue weighted by Crippen LogP contribution is 2.38. The number of aryl methyl sites for hydroxylation is 1. The van der Waals surface area contributed by atoms with Gasteiger partial charge in [0.1, 0.15) is 11.8 Å². The largest absolute Gasteiger partial charge is 0.456 e. The highest BCUT2D eigenvalue weighted by Gasteiger charge is 2.30. The molecular weight excluding hydrogens is 274 g/mol. The van der Waals surface area contributed by atoms with Gasteiger partial charge in [-0.2, -0.15) is 4.98 Å². The third-order valence-electron chi connectivity index (χ3n) is 3.23. The molecular formula is C14H15N3O4. The lowest BCUT2D eigenvalue weighted by Gasteiger charge is -2.09. The van der Waals surface area contributed by atoms with E-state index in [0.717, 1.165) is 18.9 Å². The van der Waals surface area contributed by atoms with Gasteiger partial charge in [0, 0.05) is 18.1 Å². The Morgan fingerprint density at radius 3 is 2.86 bits per heavy atom. The zero-order chi connectivity index (χ0) is 15.0. The van der Waals surface area contributed by atoms with Gasteiger partial charge in [-0.25, -0.2) is 0 Å². The van der Waals surface area contributed by atoms with E-state index in [0.29, 0.717) is 23.4 Å². The molecule has 2 aromatic rings. The van der Waals surface area contributed by atoms with Crippen LogP contribution < -0.4 is 10.7 Å². The summed E-state index contributed by atoms with van der Waals surface area (Å²) in [4.78, 5) is 27.7. The van der Waals surface area contributed by atoms with Crippen molar-refractivity contribution in [3.8, 4) is 0 Å². The Morgan fingerprint density at radius 1 is 1.43 bits per heavy atom. The number of hydrogen-bond acceptors (Lipinski definition) is 6. The van der Waals surface area contributed by atoms with E-state index in [-0.39, 0.29) is 11.2 Å². The Hall–Kier alpha value is -2.44. The van der Waals surface area contributed by atoms with Crippen molar-refractivity contribution in [2.24, 2.45) is 0 Å². The van der Waals surface area contributed by atoms with Crippen LogP contribution >= 0.6 is 0 Å². The second-order valence-electron chi connectivity index (χ2n) is 5.23. The van der Waals surface area contributed by atoms with E-state index in [1.54, 1.807) is 13.8 Å². The molecule has 0 radical (unpaired) electrons. The fourth-order valence-corrected chi connectivity index (χ4v) is 1.98. The van der Waals surface area contributed by atoms with Gasteiger partial charge in [-0.05, 0) is 26.7 Å². The third kappa shape index (κ3) is 3.01. The van der Waals surface area contributed by atoms with Crippen molar-refractivity contribution in [3.63, 3.8) is 0 Å². The van der Waals surface area contributed by atoms with E-state index in [9.17, 15) is 9.59 Å². The SMILES string of the molecule is Cc1cc(=O)cc(C(=O)N[C@@H](C)c2nc(C3CC3)no2)o1.